The molecule has 1 aromatic carbocycles. The molecule has 0 spiro atoms. The summed E-state index contributed by atoms with van der Waals surface area (Å²) in [6.07, 6.45) is -2.05. The van der Waals surface area contributed by atoms with Gasteiger partial charge in [-0.05, 0) is 72.1 Å². The fraction of sp³-hybridized carbons (Fsp3) is 0.472. The van der Waals surface area contributed by atoms with Crippen LogP contribution in [0.2, 0.25) is 0 Å². The van der Waals surface area contributed by atoms with Crippen LogP contribution >= 0.6 is 0 Å². The van der Waals surface area contributed by atoms with Gasteiger partial charge in [0.15, 0.2) is 0 Å². The minimum absolute atomic E-state index is 0.0268. The van der Waals surface area contributed by atoms with Gasteiger partial charge < -0.3 is 33.6 Å². The van der Waals surface area contributed by atoms with Crippen LogP contribution in [0.25, 0.3) is 16.5 Å². The molecule has 14 heteroatoms. The summed E-state index contributed by atoms with van der Waals surface area (Å²) in [5.74, 6) is -0.0346. The number of H-pyrrole nitrogens is 1. The molecule has 0 bridgehead atoms. The van der Waals surface area contributed by atoms with Crippen molar-refractivity contribution in [3.63, 3.8) is 0 Å². The van der Waals surface area contributed by atoms with Crippen LogP contribution in [0.15, 0.2) is 66.3 Å². The van der Waals surface area contributed by atoms with Crippen LogP contribution in [0.3, 0.4) is 0 Å². The molecule has 270 valence electrons. The lowest BCUT2D eigenvalue weighted by Crippen LogP contribution is -2.41. The summed E-state index contributed by atoms with van der Waals surface area (Å²) in [6.45, 7) is 12.7. The number of nitrogens with one attached hydrogen (secondary N) is 1. The molecule has 0 unspecified atom stereocenters. The number of halogens is 3. The van der Waals surface area contributed by atoms with Crippen molar-refractivity contribution < 1.29 is 41.5 Å². The molecule has 2 amide bonds. The Hall–Kier alpha value is -4.30. The zero-order valence-electron chi connectivity index (χ0n) is 30.1. The summed E-state index contributed by atoms with van der Waals surface area (Å²) < 4.78 is 66.5. The molecule has 4 rings (SSSR count). The molecule has 0 radical (unpaired) electrons. The topological polar surface area (TPSA) is 106 Å². The number of ether oxygens (including phenoxy) is 2. The molecule has 0 saturated carbocycles. The normalized spacial score (nSPS) is 16.4. The maximum atomic E-state index is 14.3. The molecule has 1 aliphatic rings. The van der Waals surface area contributed by atoms with Crippen LogP contribution in [0.4, 0.5) is 18.0 Å². The van der Waals surface area contributed by atoms with Crippen molar-refractivity contribution in [1.82, 2.24) is 19.8 Å². The molecule has 1 fully saturated rings. The van der Waals surface area contributed by atoms with Gasteiger partial charge in [0, 0.05) is 66.7 Å². The lowest BCUT2D eigenvalue weighted by Gasteiger charge is -2.32. The van der Waals surface area contributed by atoms with Crippen LogP contribution in [-0.4, -0.2) is 95.7 Å². The number of amides is 2. The number of carbonyl (C=O) groups excluding carboxylic acids is 2. The fourth-order valence-electron chi connectivity index (χ4n) is 5.10. The van der Waals surface area contributed by atoms with E-state index in [9.17, 15) is 22.8 Å². The van der Waals surface area contributed by atoms with Crippen LogP contribution in [0, 0.1) is 0 Å². The molecule has 3 heterocycles. The van der Waals surface area contributed by atoms with E-state index in [1.165, 1.54) is 22.1 Å². The van der Waals surface area contributed by atoms with Gasteiger partial charge in [-0.3, -0.25) is 4.79 Å². The SMILES string of the molecule is CN(C)C(=O)/C=C/CN(CCOc1ccc(/C(=C(/CC(F)(F)F)B2OC(C)(C)C(C)(C)O2)c2cc3ccccc3[nH]2)cn1)C(=O)OC(C)(C)C. The summed E-state index contributed by atoms with van der Waals surface area (Å²) in [6, 6.07) is 12.4. The van der Waals surface area contributed by atoms with E-state index in [0.29, 0.717) is 11.3 Å². The Bertz CT molecular complexity index is 1680. The second kappa shape index (κ2) is 14.9. The number of rotatable bonds is 11. The van der Waals surface area contributed by atoms with Crippen LogP contribution in [0.1, 0.15) is 66.1 Å². The first-order chi connectivity index (χ1) is 23.2. The van der Waals surface area contributed by atoms with Crippen molar-refractivity contribution in [2.45, 2.75) is 77.9 Å². The fourth-order valence-corrected chi connectivity index (χ4v) is 5.10. The quantitative estimate of drug-likeness (QED) is 0.167. The van der Waals surface area contributed by atoms with Crippen LogP contribution in [-0.2, 0) is 18.8 Å². The molecule has 10 nitrogen and oxygen atoms in total. The predicted octanol–water partition coefficient (Wildman–Crippen LogP) is 7.21. The smallest absolute Gasteiger partial charge is 0.476 e. The zero-order chi connectivity index (χ0) is 37.1. The molecule has 50 heavy (non-hydrogen) atoms. The molecule has 0 atom stereocenters. The second-order valence-electron chi connectivity index (χ2n) is 14.3. The van der Waals surface area contributed by atoms with Gasteiger partial charge in [0.25, 0.3) is 0 Å². The Balaban J connectivity index is 1.65. The summed E-state index contributed by atoms with van der Waals surface area (Å²) >= 11 is 0. The van der Waals surface area contributed by atoms with Crippen molar-refractivity contribution in [3.05, 3.63) is 77.5 Å². The largest absolute Gasteiger partial charge is 0.491 e. The number of nitrogens with zero attached hydrogens (tertiary/aromatic N) is 3. The first-order valence-electron chi connectivity index (χ1n) is 16.3. The first kappa shape index (κ1) is 38.5. The van der Waals surface area contributed by atoms with E-state index in [2.05, 4.69) is 9.97 Å². The lowest BCUT2D eigenvalue weighted by molar-refractivity contribution is -0.126. The third-order valence-corrected chi connectivity index (χ3v) is 8.36. The maximum Gasteiger partial charge on any atom is 0.491 e. The van der Waals surface area contributed by atoms with Crippen molar-refractivity contribution in [2.75, 3.05) is 33.8 Å². The summed E-state index contributed by atoms with van der Waals surface area (Å²) in [5, 5.41) is 0.823. The van der Waals surface area contributed by atoms with E-state index in [0.717, 1.165) is 10.9 Å². The van der Waals surface area contributed by atoms with Crippen LogP contribution < -0.4 is 4.74 Å². The Morgan fingerprint density at radius 3 is 2.24 bits per heavy atom. The number of fused-ring (bicyclic) bond motifs is 1. The van der Waals surface area contributed by atoms with Gasteiger partial charge in [-0.2, -0.15) is 13.2 Å². The number of para-hydroxylation sites is 1. The Morgan fingerprint density at radius 1 is 1.02 bits per heavy atom. The van der Waals surface area contributed by atoms with E-state index in [1.807, 2.05) is 24.3 Å². The van der Waals surface area contributed by atoms with Gasteiger partial charge in [-0.25, -0.2) is 9.78 Å². The molecule has 1 aliphatic heterocycles. The molecular weight excluding hydrogens is 652 g/mol. The maximum absolute atomic E-state index is 14.3. The summed E-state index contributed by atoms with van der Waals surface area (Å²) in [5.41, 5.74) is -0.727. The van der Waals surface area contributed by atoms with E-state index < -0.39 is 42.6 Å². The highest BCUT2D eigenvalue weighted by Gasteiger charge is 2.54. The average molecular weight is 699 g/mol. The van der Waals surface area contributed by atoms with Gasteiger partial charge in [0.2, 0.25) is 11.8 Å². The lowest BCUT2D eigenvalue weighted by atomic mass is 9.71. The minimum atomic E-state index is -4.57. The van der Waals surface area contributed by atoms with Crippen molar-refractivity contribution in [2.24, 2.45) is 0 Å². The number of aromatic nitrogens is 2. The number of aromatic amines is 1. The Labute approximate surface area is 291 Å². The van der Waals surface area contributed by atoms with Gasteiger partial charge in [-0.1, -0.05) is 24.3 Å². The number of hydrogen-bond donors (Lipinski definition) is 1. The number of pyridine rings is 1. The predicted molar refractivity (Wildman–Crippen MR) is 186 cm³/mol. The molecular formula is C36H46BF3N4O6. The molecule has 3 aromatic rings. The number of carbonyl (C=O) groups is 2. The number of allylic oxidation sites excluding steroid dienone is 1. The average Bonchev–Trinajstić information content (AvgIpc) is 3.51. The van der Waals surface area contributed by atoms with Gasteiger partial charge >= 0.3 is 19.4 Å². The zero-order valence-corrected chi connectivity index (χ0v) is 30.1. The molecule has 0 aliphatic carbocycles. The van der Waals surface area contributed by atoms with Gasteiger partial charge in [0.1, 0.15) is 12.2 Å². The highest BCUT2D eigenvalue weighted by molar-refractivity contribution is 6.56. The highest BCUT2D eigenvalue weighted by atomic mass is 19.4. The first-order valence-corrected chi connectivity index (χ1v) is 16.3. The Morgan fingerprint density at radius 2 is 1.68 bits per heavy atom. The van der Waals surface area contributed by atoms with E-state index in [1.54, 1.807) is 86.8 Å². The van der Waals surface area contributed by atoms with Crippen molar-refractivity contribution >= 4 is 35.6 Å². The number of alkyl halides is 3. The molecule has 1 saturated heterocycles. The van der Waals surface area contributed by atoms with E-state index in [4.69, 9.17) is 18.8 Å². The van der Waals surface area contributed by atoms with E-state index >= 15 is 0 Å². The van der Waals surface area contributed by atoms with Crippen molar-refractivity contribution in [1.29, 1.82) is 0 Å². The van der Waals surface area contributed by atoms with Crippen LogP contribution in [0.5, 0.6) is 5.88 Å². The van der Waals surface area contributed by atoms with Gasteiger partial charge in [-0.15, -0.1) is 0 Å². The standard InChI is InChI=1S/C36H46BF3N4O6/c1-33(2,3)48-32(46)44(18-12-15-30(45)43(8)9)19-20-47-29-17-16-25(23-41-29)31(28-21-24-13-10-11-14-27(24)42-28)26(22-36(38,39)40)37-49-34(4,5)35(6,7)50-37/h10-17,21,23,42H,18-20,22H2,1-9H3/b15-12+,31-26+. The number of likely N-dealkylation sites (N-methyl/N-ethyl adjacent to an activating group) is 1. The third-order valence-electron chi connectivity index (χ3n) is 8.36. The number of hydrogen-bond acceptors (Lipinski definition) is 7. The monoisotopic (exact) mass is 698 g/mol. The summed E-state index contributed by atoms with van der Waals surface area (Å²) in [4.78, 5) is 35.3. The molecule has 2 aromatic heterocycles. The summed E-state index contributed by atoms with van der Waals surface area (Å²) in [7, 11) is 1.97. The van der Waals surface area contributed by atoms with E-state index in [-0.39, 0.29) is 42.5 Å². The van der Waals surface area contributed by atoms with Gasteiger partial charge in [0.05, 0.1) is 24.2 Å². The third kappa shape index (κ3) is 9.90. The molecule has 1 N–H and O–H groups in total. The van der Waals surface area contributed by atoms with Crippen molar-refractivity contribution in [3.8, 4) is 5.88 Å². The number of benzene rings is 1. The second-order valence-corrected chi connectivity index (χ2v) is 14.3. The Kier molecular flexibility index (Phi) is 11.5. The minimum Gasteiger partial charge on any atom is -0.476 e. The highest BCUT2D eigenvalue weighted by Crippen LogP contribution is 2.44.